The topological polar surface area (TPSA) is 63.3 Å². The molecule has 2 aromatic carbocycles. The van der Waals surface area contributed by atoms with Crippen LogP contribution < -0.4 is 10.2 Å². The van der Waals surface area contributed by atoms with Crippen molar-refractivity contribution in [3.8, 4) is 0 Å². The maximum absolute atomic E-state index is 13.0. The van der Waals surface area contributed by atoms with E-state index in [2.05, 4.69) is 46.5 Å². The molecule has 1 aliphatic rings. The van der Waals surface area contributed by atoms with Gasteiger partial charge in [-0.05, 0) is 54.8 Å². The summed E-state index contributed by atoms with van der Waals surface area (Å²) in [5.74, 6) is 0.508. The SMILES string of the molecule is CC1Cc2ccccc2N1Cc1occc1C(=O)Nc1cccc(Cn2cccn2)c1. The number of fused-ring (bicyclic) bond motifs is 1. The molecule has 0 saturated carbocycles. The lowest BCUT2D eigenvalue weighted by atomic mass is 10.1. The van der Waals surface area contributed by atoms with Crippen LogP contribution in [0.2, 0.25) is 0 Å². The van der Waals surface area contributed by atoms with Gasteiger partial charge in [-0.15, -0.1) is 0 Å². The molecule has 5 rings (SSSR count). The second-order valence-corrected chi connectivity index (χ2v) is 7.93. The number of aromatic nitrogens is 2. The minimum Gasteiger partial charge on any atom is -0.467 e. The minimum absolute atomic E-state index is 0.167. The molecule has 4 aromatic rings. The van der Waals surface area contributed by atoms with E-state index < -0.39 is 0 Å². The third-order valence-electron chi connectivity index (χ3n) is 5.74. The Morgan fingerprint density at radius 2 is 2.03 bits per heavy atom. The second kappa shape index (κ2) is 8.14. The molecule has 2 aromatic heterocycles. The molecule has 0 aliphatic carbocycles. The van der Waals surface area contributed by atoms with E-state index in [-0.39, 0.29) is 5.91 Å². The van der Waals surface area contributed by atoms with Gasteiger partial charge in [0, 0.05) is 29.8 Å². The molecule has 31 heavy (non-hydrogen) atoms. The van der Waals surface area contributed by atoms with Crippen LogP contribution in [-0.4, -0.2) is 21.7 Å². The van der Waals surface area contributed by atoms with Crippen molar-refractivity contribution in [3.05, 3.63) is 102 Å². The van der Waals surface area contributed by atoms with E-state index in [1.807, 2.05) is 41.2 Å². The first kappa shape index (κ1) is 19.2. The predicted octanol–water partition coefficient (Wildman–Crippen LogP) is 4.73. The molecule has 0 radical (unpaired) electrons. The highest BCUT2D eigenvalue weighted by atomic mass is 16.3. The standard InChI is InChI=1S/C25H24N4O2/c1-18-14-20-7-2-3-9-23(20)29(18)17-24-22(10-13-31-24)25(30)27-21-8-4-6-19(15-21)16-28-12-5-11-26-28/h2-13,15,18H,14,16-17H2,1H3,(H,27,30). The zero-order valence-corrected chi connectivity index (χ0v) is 17.4. The lowest BCUT2D eigenvalue weighted by Gasteiger charge is -2.24. The van der Waals surface area contributed by atoms with Crippen molar-refractivity contribution < 1.29 is 9.21 Å². The number of amides is 1. The van der Waals surface area contributed by atoms with Crippen LogP contribution >= 0.6 is 0 Å². The molecule has 6 nitrogen and oxygen atoms in total. The molecule has 0 bridgehead atoms. The van der Waals surface area contributed by atoms with E-state index in [0.29, 0.717) is 30.5 Å². The smallest absolute Gasteiger partial charge is 0.259 e. The van der Waals surface area contributed by atoms with Crippen LogP contribution in [-0.2, 0) is 19.5 Å². The van der Waals surface area contributed by atoms with Gasteiger partial charge in [0.05, 0.1) is 24.9 Å². The Bertz CT molecular complexity index is 1200. The highest BCUT2D eigenvalue weighted by molar-refractivity contribution is 6.05. The molecule has 6 heteroatoms. The molecule has 1 aliphatic heterocycles. The number of carbonyl (C=O) groups excluding carboxylic acids is 1. The number of nitrogens with zero attached hydrogens (tertiary/aromatic N) is 3. The van der Waals surface area contributed by atoms with Gasteiger partial charge in [-0.2, -0.15) is 5.10 Å². The van der Waals surface area contributed by atoms with Gasteiger partial charge in [0.15, 0.2) is 0 Å². The van der Waals surface area contributed by atoms with Gasteiger partial charge >= 0.3 is 0 Å². The Morgan fingerprint density at radius 1 is 1.13 bits per heavy atom. The number of hydrogen-bond acceptors (Lipinski definition) is 4. The number of benzene rings is 2. The van der Waals surface area contributed by atoms with E-state index in [0.717, 1.165) is 17.7 Å². The third-order valence-corrected chi connectivity index (χ3v) is 5.74. The molecule has 1 unspecified atom stereocenters. The zero-order valence-electron chi connectivity index (χ0n) is 17.4. The van der Waals surface area contributed by atoms with Crippen molar-refractivity contribution in [1.82, 2.24) is 9.78 Å². The summed E-state index contributed by atoms with van der Waals surface area (Å²) < 4.78 is 7.58. The number of hydrogen-bond donors (Lipinski definition) is 1. The van der Waals surface area contributed by atoms with E-state index in [1.54, 1.807) is 18.5 Å². The molecule has 1 atom stereocenters. The second-order valence-electron chi connectivity index (χ2n) is 7.93. The van der Waals surface area contributed by atoms with Gasteiger partial charge in [0.1, 0.15) is 5.76 Å². The fraction of sp³-hybridized carbons (Fsp3) is 0.200. The third kappa shape index (κ3) is 3.97. The average molecular weight is 412 g/mol. The number of nitrogens with one attached hydrogen (secondary N) is 1. The van der Waals surface area contributed by atoms with Crippen LogP contribution in [0.3, 0.4) is 0 Å². The normalized spacial score (nSPS) is 15.1. The summed E-state index contributed by atoms with van der Waals surface area (Å²) in [6.45, 7) is 3.42. The predicted molar refractivity (Wildman–Crippen MR) is 120 cm³/mol. The highest BCUT2D eigenvalue weighted by Crippen LogP contribution is 2.33. The number of furan rings is 1. The summed E-state index contributed by atoms with van der Waals surface area (Å²) in [7, 11) is 0. The van der Waals surface area contributed by atoms with Crippen LogP contribution in [0.25, 0.3) is 0 Å². The molecule has 0 fully saturated rings. The van der Waals surface area contributed by atoms with E-state index >= 15 is 0 Å². The molecule has 0 spiro atoms. The summed E-state index contributed by atoms with van der Waals surface area (Å²) in [6, 6.07) is 20.2. The Hall–Kier alpha value is -3.80. The highest BCUT2D eigenvalue weighted by Gasteiger charge is 2.28. The van der Waals surface area contributed by atoms with Crippen molar-refractivity contribution in [2.24, 2.45) is 0 Å². The summed E-state index contributed by atoms with van der Waals surface area (Å²) >= 11 is 0. The Balaban J connectivity index is 1.31. The Kier molecular flexibility index (Phi) is 5.04. The molecule has 0 saturated heterocycles. The monoisotopic (exact) mass is 412 g/mol. The quantitative estimate of drug-likeness (QED) is 0.497. The molecular weight excluding hydrogens is 388 g/mol. The van der Waals surface area contributed by atoms with Gasteiger partial charge in [0.2, 0.25) is 0 Å². The first-order valence-corrected chi connectivity index (χ1v) is 10.5. The maximum atomic E-state index is 13.0. The van der Waals surface area contributed by atoms with Crippen molar-refractivity contribution in [2.45, 2.75) is 32.5 Å². The van der Waals surface area contributed by atoms with E-state index in [1.165, 1.54) is 11.3 Å². The first-order valence-electron chi connectivity index (χ1n) is 10.5. The molecular formula is C25H24N4O2. The van der Waals surface area contributed by atoms with Gasteiger partial charge in [0.25, 0.3) is 5.91 Å². The van der Waals surface area contributed by atoms with Crippen molar-refractivity contribution in [1.29, 1.82) is 0 Å². The van der Waals surface area contributed by atoms with Gasteiger partial charge in [-0.25, -0.2) is 0 Å². The van der Waals surface area contributed by atoms with Crippen molar-refractivity contribution in [3.63, 3.8) is 0 Å². The zero-order chi connectivity index (χ0) is 21.2. The maximum Gasteiger partial charge on any atom is 0.259 e. The van der Waals surface area contributed by atoms with E-state index in [9.17, 15) is 4.79 Å². The van der Waals surface area contributed by atoms with Gasteiger partial charge in [-0.1, -0.05) is 30.3 Å². The lowest BCUT2D eigenvalue weighted by molar-refractivity contribution is 0.102. The van der Waals surface area contributed by atoms with Crippen LogP contribution in [0.15, 0.2) is 83.7 Å². The summed E-state index contributed by atoms with van der Waals surface area (Å²) in [6.07, 6.45) is 6.26. The summed E-state index contributed by atoms with van der Waals surface area (Å²) in [5, 5.41) is 7.25. The first-order chi connectivity index (χ1) is 15.2. The molecule has 1 N–H and O–H groups in total. The van der Waals surface area contributed by atoms with E-state index in [4.69, 9.17) is 4.42 Å². The fourth-order valence-electron chi connectivity index (χ4n) is 4.22. The number of rotatable bonds is 6. The van der Waals surface area contributed by atoms with Crippen molar-refractivity contribution >= 4 is 17.3 Å². The minimum atomic E-state index is -0.167. The van der Waals surface area contributed by atoms with Crippen LogP contribution in [0.5, 0.6) is 0 Å². The number of anilines is 2. The largest absolute Gasteiger partial charge is 0.467 e. The van der Waals surface area contributed by atoms with Crippen LogP contribution in [0.1, 0.15) is 34.2 Å². The summed E-state index contributed by atoms with van der Waals surface area (Å²) in [5.41, 5.74) is 4.93. The lowest BCUT2D eigenvalue weighted by Crippen LogP contribution is -2.29. The molecule has 156 valence electrons. The fourth-order valence-corrected chi connectivity index (χ4v) is 4.22. The number of carbonyl (C=O) groups is 1. The van der Waals surface area contributed by atoms with Gasteiger partial charge in [-0.3, -0.25) is 9.48 Å². The summed E-state index contributed by atoms with van der Waals surface area (Å²) in [4.78, 5) is 15.3. The van der Waals surface area contributed by atoms with Crippen LogP contribution in [0.4, 0.5) is 11.4 Å². The van der Waals surface area contributed by atoms with Crippen molar-refractivity contribution in [2.75, 3.05) is 10.2 Å². The Labute approximate surface area is 181 Å². The molecule has 3 heterocycles. The molecule has 1 amide bonds. The number of para-hydroxylation sites is 1. The van der Waals surface area contributed by atoms with Gasteiger partial charge < -0.3 is 14.6 Å². The Morgan fingerprint density at radius 3 is 2.90 bits per heavy atom. The van der Waals surface area contributed by atoms with Crippen LogP contribution in [0, 0.1) is 0 Å². The average Bonchev–Trinajstić information content (AvgIpc) is 3.50.